The third-order valence-corrected chi connectivity index (χ3v) is 3.77. The molecule has 0 aliphatic carbocycles. The molecule has 0 aromatic heterocycles. The van der Waals surface area contributed by atoms with Crippen LogP contribution in [0, 0.1) is 0 Å². The molecule has 0 saturated carbocycles. The van der Waals surface area contributed by atoms with Gasteiger partial charge < -0.3 is 50.5 Å². The van der Waals surface area contributed by atoms with Gasteiger partial charge in [0.15, 0.2) is 0 Å². The molecular formula is C14H25NO11. The summed E-state index contributed by atoms with van der Waals surface area (Å²) < 4.78 is 9.91. The lowest BCUT2D eigenvalue weighted by Gasteiger charge is -2.44. The minimum Gasteiger partial charge on any atom is -0.477 e. The van der Waals surface area contributed by atoms with Crippen LogP contribution in [0.25, 0.3) is 0 Å². The van der Waals surface area contributed by atoms with Gasteiger partial charge in [-0.05, 0) is 6.92 Å². The van der Waals surface area contributed by atoms with E-state index < -0.39 is 73.9 Å². The van der Waals surface area contributed by atoms with Gasteiger partial charge in [-0.25, -0.2) is 4.79 Å². The normalized spacial score (nSPS) is 32.5. The summed E-state index contributed by atoms with van der Waals surface area (Å²) in [6.07, 6.45) is -8.59. The first kappa shape index (κ1) is 22.7. The first-order valence-electron chi connectivity index (χ1n) is 7.85. The van der Waals surface area contributed by atoms with Crippen LogP contribution < -0.4 is 5.32 Å². The molecule has 1 heterocycles. The summed E-state index contributed by atoms with van der Waals surface area (Å²) >= 11 is 0. The summed E-state index contributed by atoms with van der Waals surface area (Å²) in [5.74, 6) is -5.64. The Morgan fingerprint density at radius 2 is 1.92 bits per heavy atom. The van der Waals surface area contributed by atoms with Gasteiger partial charge in [0.25, 0.3) is 5.79 Å². The van der Waals surface area contributed by atoms with Crippen molar-refractivity contribution in [2.75, 3.05) is 19.8 Å². The second kappa shape index (κ2) is 9.53. The molecule has 1 aliphatic heterocycles. The summed E-state index contributed by atoms with van der Waals surface area (Å²) in [4.78, 5) is 22.6. The molecule has 1 aliphatic rings. The van der Waals surface area contributed by atoms with Crippen LogP contribution in [-0.4, -0.2) is 110 Å². The highest BCUT2D eigenvalue weighted by atomic mass is 16.7. The van der Waals surface area contributed by atoms with E-state index in [0.717, 1.165) is 0 Å². The van der Waals surface area contributed by atoms with Gasteiger partial charge in [0.1, 0.15) is 24.9 Å². The van der Waals surface area contributed by atoms with E-state index in [-0.39, 0.29) is 6.61 Å². The predicted octanol–water partition coefficient (Wildman–Crippen LogP) is -4.49. The van der Waals surface area contributed by atoms with Crippen molar-refractivity contribution < 1.29 is 54.8 Å². The highest BCUT2D eigenvalue weighted by molar-refractivity contribution is 5.78. The molecule has 26 heavy (non-hydrogen) atoms. The van der Waals surface area contributed by atoms with E-state index in [1.807, 2.05) is 0 Å². The molecule has 0 spiro atoms. The van der Waals surface area contributed by atoms with Crippen LogP contribution in [0.5, 0.6) is 0 Å². The number of carbonyl (C=O) groups is 2. The van der Waals surface area contributed by atoms with Gasteiger partial charge in [0.2, 0.25) is 5.91 Å². The summed E-state index contributed by atoms with van der Waals surface area (Å²) in [6, 6.07) is -1.42. The van der Waals surface area contributed by atoms with E-state index >= 15 is 0 Å². The van der Waals surface area contributed by atoms with Gasteiger partial charge >= 0.3 is 5.97 Å². The molecule has 1 amide bonds. The van der Waals surface area contributed by atoms with E-state index in [1.54, 1.807) is 0 Å². The maximum Gasteiger partial charge on any atom is 0.364 e. The molecule has 1 fully saturated rings. The largest absolute Gasteiger partial charge is 0.477 e. The van der Waals surface area contributed by atoms with Crippen LogP contribution in [0.3, 0.4) is 0 Å². The van der Waals surface area contributed by atoms with Crippen LogP contribution >= 0.6 is 0 Å². The number of aliphatic carboxylic acids is 1. The molecule has 12 nitrogen and oxygen atoms in total. The maximum atomic E-state index is 11.4. The summed E-state index contributed by atoms with van der Waals surface area (Å²) in [6.45, 7) is -0.151. The fourth-order valence-corrected chi connectivity index (χ4v) is 2.48. The smallest absolute Gasteiger partial charge is 0.364 e. The third-order valence-electron chi connectivity index (χ3n) is 3.77. The lowest BCUT2D eigenvalue weighted by atomic mass is 9.88. The van der Waals surface area contributed by atoms with Crippen LogP contribution in [0.2, 0.25) is 0 Å². The average molecular weight is 383 g/mol. The molecule has 0 aromatic carbocycles. The molecular weight excluding hydrogens is 358 g/mol. The number of hydrogen-bond donors (Lipinski definition) is 8. The molecule has 12 heteroatoms. The minimum absolute atomic E-state index is 0.151. The van der Waals surface area contributed by atoms with Crippen LogP contribution in [-0.2, 0) is 19.1 Å². The molecule has 1 unspecified atom stereocenters. The number of amides is 1. The maximum absolute atomic E-state index is 11.4. The summed E-state index contributed by atoms with van der Waals surface area (Å²) in [5.41, 5.74) is 0. The second-order valence-corrected chi connectivity index (χ2v) is 6.14. The van der Waals surface area contributed by atoms with Gasteiger partial charge in [-0.2, -0.15) is 0 Å². The summed E-state index contributed by atoms with van der Waals surface area (Å²) in [5, 5.41) is 69.4. The predicted molar refractivity (Wildman–Crippen MR) is 81.6 cm³/mol. The Balaban J connectivity index is 2.95. The lowest BCUT2D eigenvalue weighted by molar-refractivity contribution is -0.295. The number of hydrogen-bond acceptors (Lipinski definition) is 10. The van der Waals surface area contributed by atoms with Crippen LogP contribution in [0.1, 0.15) is 13.3 Å². The van der Waals surface area contributed by atoms with Crippen molar-refractivity contribution in [1.29, 1.82) is 0 Å². The van der Waals surface area contributed by atoms with Crippen LogP contribution in [0.4, 0.5) is 0 Å². The van der Waals surface area contributed by atoms with Crippen molar-refractivity contribution in [2.45, 2.75) is 55.7 Å². The van der Waals surface area contributed by atoms with E-state index in [0.29, 0.717) is 0 Å². The zero-order valence-corrected chi connectivity index (χ0v) is 14.1. The Bertz CT molecular complexity index is 488. The number of ether oxygens (including phenoxy) is 2. The van der Waals surface area contributed by atoms with Crippen molar-refractivity contribution in [2.24, 2.45) is 0 Å². The van der Waals surface area contributed by atoms with Gasteiger partial charge in [0.05, 0.1) is 31.5 Å². The first-order valence-corrected chi connectivity index (χ1v) is 7.85. The van der Waals surface area contributed by atoms with Crippen molar-refractivity contribution in [3.8, 4) is 0 Å². The van der Waals surface area contributed by atoms with Gasteiger partial charge in [0, 0.05) is 6.42 Å². The average Bonchev–Trinajstić information content (AvgIpc) is 2.55. The number of carbonyl (C=O) groups excluding carboxylic acids is 1. The summed E-state index contributed by atoms with van der Waals surface area (Å²) in [7, 11) is 0. The van der Waals surface area contributed by atoms with E-state index in [9.17, 15) is 30.0 Å². The minimum atomic E-state index is -2.86. The van der Waals surface area contributed by atoms with Crippen LogP contribution in [0.15, 0.2) is 0 Å². The SMILES string of the molecule is CC(O)COC[C@@H](O)[C@@H](O)[C@@H]1O[C@](O)(C(=O)O)C[C@H](O)[C@H]1NC(=O)CO. The Labute approximate surface area is 148 Å². The standard InChI is InChI=1S/C14H25NO11/c1-6(17)4-25-5-8(19)11(21)12-10(15-9(20)3-16)7(18)2-14(24,26-12)13(22)23/h6-8,10-12,16-19,21,24H,2-5H2,1H3,(H,15,20)(H,22,23)/t6?,7-,8+,10+,11+,12+,14-/m0/s1. The van der Waals surface area contributed by atoms with Gasteiger partial charge in [-0.15, -0.1) is 0 Å². The van der Waals surface area contributed by atoms with E-state index in [2.05, 4.69) is 5.32 Å². The number of aliphatic hydroxyl groups is 6. The topological polar surface area (TPSA) is 206 Å². The lowest BCUT2D eigenvalue weighted by Crippen LogP contribution is -2.67. The van der Waals surface area contributed by atoms with E-state index in [1.165, 1.54) is 6.92 Å². The van der Waals surface area contributed by atoms with Crippen molar-refractivity contribution in [1.82, 2.24) is 5.32 Å². The monoisotopic (exact) mass is 383 g/mol. The molecule has 0 radical (unpaired) electrons. The molecule has 0 bridgehead atoms. The quantitative estimate of drug-likeness (QED) is 0.190. The zero-order chi connectivity index (χ0) is 20.1. The Kier molecular flexibility index (Phi) is 8.30. The van der Waals surface area contributed by atoms with E-state index in [4.69, 9.17) is 24.8 Å². The number of carboxylic acid groups (broad SMARTS) is 1. The Morgan fingerprint density at radius 3 is 2.42 bits per heavy atom. The van der Waals surface area contributed by atoms with Gasteiger partial charge in [-0.1, -0.05) is 0 Å². The molecule has 1 rings (SSSR count). The number of rotatable bonds is 9. The molecule has 8 N–H and O–H groups in total. The Morgan fingerprint density at radius 1 is 1.31 bits per heavy atom. The van der Waals surface area contributed by atoms with Crippen molar-refractivity contribution in [3.05, 3.63) is 0 Å². The number of nitrogens with one attached hydrogen (secondary N) is 1. The number of carboxylic acids is 1. The zero-order valence-electron chi connectivity index (χ0n) is 14.1. The fourth-order valence-electron chi connectivity index (χ4n) is 2.48. The van der Waals surface area contributed by atoms with Gasteiger partial charge in [-0.3, -0.25) is 4.79 Å². The fraction of sp³-hybridized carbons (Fsp3) is 0.857. The molecule has 0 aromatic rings. The first-order chi connectivity index (χ1) is 12.0. The highest BCUT2D eigenvalue weighted by Gasteiger charge is 2.54. The third kappa shape index (κ3) is 5.82. The molecule has 152 valence electrons. The Hall–Kier alpha value is -1.38. The number of aliphatic hydroxyl groups excluding tert-OH is 5. The van der Waals surface area contributed by atoms with Crippen molar-refractivity contribution in [3.63, 3.8) is 0 Å². The highest BCUT2D eigenvalue weighted by Crippen LogP contribution is 2.30. The molecule has 1 saturated heterocycles. The van der Waals surface area contributed by atoms with Crippen molar-refractivity contribution >= 4 is 11.9 Å². The second-order valence-electron chi connectivity index (χ2n) is 6.14. The molecule has 7 atom stereocenters.